The van der Waals surface area contributed by atoms with Gasteiger partial charge in [-0.25, -0.2) is 18.8 Å². The van der Waals surface area contributed by atoms with E-state index in [4.69, 9.17) is 0 Å². The Balaban J connectivity index is 1.41. The van der Waals surface area contributed by atoms with Crippen molar-refractivity contribution in [2.75, 3.05) is 0 Å². The van der Waals surface area contributed by atoms with Crippen LogP contribution >= 0.6 is 0 Å². The fourth-order valence-electron chi connectivity index (χ4n) is 4.85. The summed E-state index contributed by atoms with van der Waals surface area (Å²) in [5, 5.41) is 11.0. The molecule has 0 aliphatic carbocycles. The third kappa shape index (κ3) is 3.91. The Morgan fingerprint density at radius 3 is 2.10 bits per heavy atom. The van der Waals surface area contributed by atoms with Gasteiger partial charge in [0.2, 0.25) is 17.4 Å². The topological polar surface area (TPSA) is 151 Å². The van der Waals surface area contributed by atoms with Crippen LogP contribution in [-0.4, -0.2) is 38.8 Å². The normalized spacial score (nSPS) is 13.0. The molecule has 7 aromatic rings. The molecule has 41 heavy (non-hydrogen) atoms. The number of benzene rings is 2. The van der Waals surface area contributed by atoms with Crippen molar-refractivity contribution in [1.82, 2.24) is 33.7 Å². The SMILES string of the molecule is O=c1[nH]c2nc3ccccc3n2c(O)c1/C=C/C(=C/C=c1\c(=O)[nH]c2nc3ccccc3n2c1=O)c1ccncc1. The van der Waals surface area contributed by atoms with Gasteiger partial charge >= 0.3 is 0 Å². The second-order valence-corrected chi connectivity index (χ2v) is 9.24. The van der Waals surface area contributed by atoms with Crippen LogP contribution in [0.2, 0.25) is 0 Å². The number of nitrogens with one attached hydrogen (secondary N) is 2. The fourth-order valence-corrected chi connectivity index (χ4v) is 4.85. The highest BCUT2D eigenvalue weighted by atomic mass is 16.3. The fraction of sp³-hybridized carbons (Fsp3) is 0. The van der Waals surface area contributed by atoms with Crippen molar-refractivity contribution in [2.24, 2.45) is 0 Å². The van der Waals surface area contributed by atoms with Crippen LogP contribution in [0.25, 0.3) is 51.3 Å². The number of H-pyrrole nitrogens is 2. The van der Waals surface area contributed by atoms with Crippen LogP contribution in [0, 0.1) is 0 Å². The number of aromatic nitrogens is 7. The van der Waals surface area contributed by atoms with Crippen molar-refractivity contribution in [2.45, 2.75) is 0 Å². The zero-order chi connectivity index (χ0) is 28.1. The van der Waals surface area contributed by atoms with Crippen LogP contribution in [0.15, 0.2) is 99.6 Å². The quantitative estimate of drug-likeness (QED) is 0.290. The maximum atomic E-state index is 13.4. The van der Waals surface area contributed by atoms with E-state index in [0.29, 0.717) is 33.2 Å². The lowest BCUT2D eigenvalue weighted by atomic mass is 10.1. The first-order valence-corrected chi connectivity index (χ1v) is 12.6. The third-order valence-corrected chi connectivity index (χ3v) is 6.82. The van der Waals surface area contributed by atoms with Gasteiger partial charge in [-0.05, 0) is 59.7 Å². The molecule has 11 nitrogen and oxygen atoms in total. The third-order valence-electron chi connectivity index (χ3n) is 6.82. The van der Waals surface area contributed by atoms with Crippen molar-refractivity contribution < 1.29 is 5.11 Å². The zero-order valence-corrected chi connectivity index (χ0v) is 21.1. The Kier molecular flexibility index (Phi) is 5.42. The zero-order valence-electron chi connectivity index (χ0n) is 21.1. The van der Waals surface area contributed by atoms with Crippen molar-refractivity contribution in [3.05, 3.63) is 133 Å². The summed E-state index contributed by atoms with van der Waals surface area (Å²) in [5.41, 5.74) is 2.05. The average Bonchev–Trinajstić information content (AvgIpc) is 3.54. The molecule has 0 saturated heterocycles. The van der Waals surface area contributed by atoms with Crippen molar-refractivity contribution in [1.29, 1.82) is 0 Å². The van der Waals surface area contributed by atoms with E-state index in [-0.39, 0.29) is 28.2 Å². The lowest BCUT2D eigenvalue weighted by Crippen LogP contribution is -2.44. The van der Waals surface area contributed by atoms with Crippen molar-refractivity contribution in [3.63, 3.8) is 0 Å². The molecule has 0 fully saturated rings. The maximum Gasteiger partial charge on any atom is 0.270 e. The van der Waals surface area contributed by atoms with Crippen LogP contribution < -0.4 is 21.9 Å². The van der Waals surface area contributed by atoms with E-state index in [9.17, 15) is 19.5 Å². The van der Waals surface area contributed by atoms with E-state index in [1.807, 2.05) is 12.1 Å². The lowest BCUT2D eigenvalue weighted by Gasteiger charge is -2.05. The molecular formula is C30H19N7O4. The van der Waals surface area contributed by atoms with E-state index in [1.165, 1.54) is 21.0 Å². The monoisotopic (exact) mass is 541 g/mol. The van der Waals surface area contributed by atoms with E-state index < -0.39 is 16.7 Å². The van der Waals surface area contributed by atoms with Crippen LogP contribution in [0.5, 0.6) is 5.88 Å². The highest BCUT2D eigenvalue weighted by Crippen LogP contribution is 2.24. The molecule has 0 bridgehead atoms. The molecule has 0 aliphatic rings. The molecule has 11 heteroatoms. The molecule has 0 atom stereocenters. The Hall–Kier alpha value is -6.10. The molecule has 5 aromatic heterocycles. The van der Waals surface area contributed by atoms with Gasteiger partial charge < -0.3 is 5.11 Å². The number of para-hydroxylation sites is 4. The minimum atomic E-state index is -0.585. The Labute approximate surface area is 228 Å². The molecule has 0 amide bonds. The van der Waals surface area contributed by atoms with Gasteiger partial charge in [0.05, 0.1) is 22.1 Å². The highest BCUT2D eigenvalue weighted by molar-refractivity contribution is 5.84. The van der Waals surface area contributed by atoms with E-state index >= 15 is 0 Å². The van der Waals surface area contributed by atoms with Gasteiger partial charge in [0.15, 0.2) is 0 Å². The van der Waals surface area contributed by atoms with Crippen molar-refractivity contribution in [3.8, 4) is 5.88 Å². The van der Waals surface area contributed by atoms with Gasteiger partial charge in [0.25, 0.3) is 16.7 Å². The Bertz CT molecular complexity index is 2450. The minimum absolute atomic E-state index is 0.00859. The molecule has 0 radical (unpaired) electrons. The molecular weight excluding hydrogens is 522 g/mol. The van der Waals surface area contributed by atoms with Crippen LogP contribution in [0.3, 0.4) is 0 Å². The number of fused-ring (bicyclic) bond motifs is 6. The summed E-state index contributed by atoms with van der Waals surface area (Å²) < 4.78 is 2.83. The molecule has 2 aromatic carbocycles. The Morgan fingerprint density at radius 2 is 1.39 bits per heavy atom. The van der Waals surface area contributed by atoms with E-state index in [1.54, 1.807) is 73.1 Å². The number of aromatic amines is 2. The predicted molar refractivity (Wildman–Crippen MR) is 156 cm³/mol. The van der Waals surface area contributed by atoms with E-state index in [2.05, 4.69) is 24.9 Å². The molecule has 3 N–H and O–H groups in total. The first kappa shape index (κ1) is 24.0. The molecule has 7 rings (SSSR count). The summed E-state index contributed by atoms with van der Waals surface area (Å²) in [4.78, 5) is 57.3. The molecule has 0 aliphatic heterocycles. The summed E-state index contributed by atoms with van der Waals surface area (Å²) in [5.74, 6) is 0.102. The summed E-state index contributed by atoms with van der Waals surface area (Å²) >= 11 is 0. The Morgan fingerprint density at radius 1 is 0.780 bits per heavy atom. The molecule has 5 heterocycles. The largest absolute Gasteiger partial charge is 0.494 e. The summed E-state index contributed by atoms with van der Waals surface area (Å²) in [6.07, 6.45) is 9.30. The van der Waals surface area contributed by atoms with Crippen molar-refractivity contribution >= 4 is 51.3 Å². The number of hydrogen-bond donors (Lipinski definition) is 3. The second kappa shape index (κ2) is 9.27. The van der Waals surface area contributed by atoms with Gasteiger partial charge in [-0.3, -0.25) is 29.3 Å². The standard InChI is InChI=1S/C30H19N7O4/c38-25-19(27(40)36-23-7-3-1-5-21(23)32-29(36)34-25)11-9-17(18-13-15-31-16-14-18)10-12-20-26(39)35-30-33-22-6-2-4-8-24(22)37(30)28(20)41/h1-16,40H,(H,32,34,38)(H,33,35,39)/b11-9+,17-10-,20-12+. The molecule has 0 unspecified atom stereocenters. The second-order valence-electron chi connectivity index (χ2n) is 9.24. The number of imidazole rings is 2. The van der Waals surface area contributed by atoms with Crippen LogP contribution in [0.4, 0.5) is 0 Å². The maximum absolute atomic E-state index is 13.4. The van der Waals surface area contributed by atoms with Gasteiger partial charge in [-0.2, -0.15) is 0 Å². The van der Waals surface area contributed by atoms with Gasteiger partial charge in [-0.1, -0.05) is 36.4 Å². The number of pyridine rings is 1. The number of allylic oxidation sites excluding steroid dienone is 3. The summed E-state index contributed by atoms with van der Waals surface area (Å²) in [6.45, 7) is 0. The lowest BCUT2D eigenvalue weighted by molar-refractivity contribution is 0.444. The number of rotatable bonds is 4. The smallest absolute Gasteiger partial charge is 0.270 e. The highest BCUT2D eigenvalue weighted by Gasteiger charge is 2.14. The summed E-state index contributed by atoms with van der Waals surface area (Å²) in [6, 6.07) is 17.8. The minimum Gasteiger partial charge on any atom is -0.494 e. The number of aromatic hydroxyl groups is 1. The van der Waals surface area contributed by atoms with Crippen LogP contribution in [0.1, 0.15) is 11.1 Å². The molecule has 0 spiro atoms. The number of nitrogens with zero attached hydrogens (tertiary/aromatic N) is 5. The molecule has 198 valence electrons. The number of hydrogen-bond acceptors (Lipinski definition) is 7. The van der Waals surface area contributed by atoms with Gasteiger partial charge in [-0.15, -0.1) is 0 Å². The predicted octanol–water partition coefficient (Wildman–Crippen LogP) is 2.42. The van der Waals surface area contributed by atoms with Gasteiger partial charge in [0.1, 0.15) is 10.8 Å². The average molecular weight is 542 g/mol. The van der Waals surface area contributed by atoms with Crippen LogP contribution in [-0.2, 0) is 0 Å². The van der Waals surface area contributed by atoms with E-state index in [0.717, 1.165) is 0 Å². The summed E-state index contributed by atoms with van der Waals surface area (Å²) in [7, 11) is 0. The first-order valence-electron chi connectivity index (χ1n) is 12.6. The molecule has 0 saturated carbocycles. The first-order chi connectivity index (χ1) is 20.0. The van der Waals surface area contributed by atoms with Gasteiger partial charge in [0, 0.05) is 12.4 Å².